The largest absolute Gasteiger partial charge is 0.416 e. The average Bonchev–Trinajstić information content (AvgIpc) is 2.77. The lowest BCUT2D eigenvalue weighted by Crippen LogP contribution is -2.20. The van der Waals surface area contributed by atoms with E-state index in [-0.39, 0.29) is 12.1 Å². The van der Waals surface area contributed by atoms with Gasteiger partial charge in [-0.25, -0.2) is 4.68 Å². The van der Waals surface area contributed by atoms with Crippen LogP contribution < -0.4 is 11.3 Å². The molecule has 21 heavy (non-hydrogen) atoms. The van der Waals surface area contributed by atoms with Crippen LogP contribution in [0, 0.1) is 0 Å². The summed E-state index contributed by atoms with van der Waals surface area (Å²) < 4.78 is 38.8. The number of halogens is 3. The molecule has 0 saturated heterocycles. The predicted octanol–water partition coefficient (Wildman–Crippen LogP) is 2.13. The number of hydrogen-bond donors (Lipinski definition) is 2. The highest BCUT2D eigenvalue weighted by Crippen LogP contribution is 2.29. The number of nitrogens with two attached hydrogens (primary N) is 1. The van der Waals surface area contributed by atoms with E-state index in [2.05, 4.69) is 5.10 Å². The minimum Gasteiger partial charge on any atom is -0.330 e. The molecule has 1 aromatic carbocycles. The van der Waals surface area contributed by atoms with E-state index in [9.17, 15) is 18.0 Å². The standard InChI is InChI=1S/C14H16F3N3O/c15-14(16,17)12-5-3-10(4-6-12)9-20-13(21)11(8-19-20)2-1-7-18/h3-6,8,19H,1-2,7,9,18H2. The van der Waals surface area contributed by atoms with E-state index < -0.39 is 11.7 Å². The molecule has 0 saturated carbocycles. The van der Waals surface area contributed by atoms with Crippen molar-refractivity contribution in [3.63, 3.8) is 0 Å². The first kappa shape index (κ1) is 15.4. The maximum Gasteiger partial charge on any atom is 0.416 e. The maximum absolute atomic E-state index is 12.5. The van der Waals surface area contributed by atoms with Gasteiger partial charge in [0.2, 0.25) is 0 Å². The first-order chi connectivity index (χ1) is 9.91. The zero-order valence-corrected chi connectivity index (χ0v) is 11.3. The topological polar surface area (TPSA) is 63.8 Å². The number of nitrogens with one attached hydrogen (secondary N) is 1. The number of H-pyrrole nitrogens is 1. The van der Waals surface area contributed by atoms with Gasteiger partial charge in [-0.15, -0.1) is 0 Å². The molecule has 0 radical (unpaired) electrons. The van der Waals surface area contributed by atoms with Gasteiger partial charge in [0.1, 0.15) is 0 Å². The summed E-state index contributed by atoms with van der Waals surface area (Å²) in [5, 5.41) is 2.82. The maximum atomic E-state index is 12.5. The van der Waals surface area contributed by atoms with Crippen molar-refractivity contribution in [3.8, 4) is 0 Å². The molecule has 0 atom stereocenters. The SMILES string of the molecule is NCCCc1c[nH]n(Cc2ccc(C(F)(F)F)cc2)c1=O. The lowest BCUT2D eigenvalue weighted by molar-refractivity contribution is -0.137. The van der Waals surface area contributed by atoms with E-state index in [1.165, 1.54) is 16.8 Å². The third-order valence-corrected chi connectivity index (χ3v) is 3.19. The Bertz CT molecular complexity index is 641. The van der Waals surface area contributed by atoms with Gasteiger partial charge in [0.05, 0.1) is 12.1 Å². The smallest absolute Gasteiger partial charge is 0.330 e. The van der Waals surface area contributed by atoms with Crippen LogP contribution in [0.1, 0.15) is 23.1 Å². The minimum absolute atomic E-state index is 0.164. The molecule has 7 heteroatoms. The van der Waals surface area contributed by atoms with Crippen LogP contribution in [0.3, 0.4) is 0 Å². The number of aromatic nitrogens is 2. The molecule has 1 heterocycles. The second-order valence-corrected chi connectivity index (χ2v) is 4.78. The molecule has 4 nitrogen and oxygen atoms in total. The van der Waals surface area contributed by atoms with Crippen molar-refractivity contribution in [1.29, 1.82) is 0 Å². The molecule has 0 spiro atoms. The quantitative estimate of drug-likeness (QED) is 0.888. The molecule has 0 unspecified atom stereocenters. The Balaban J connectivity index is 2.12. The van der Waals surface area contributed by atoms with Crippen LogP contribution in [0.25, 0.3) is 0 Å². The lowest BCUT2D eigenvalue weighted by atomic mass is 10.1. The summed E-state index contributed by atoms with van der Waals surface area (Å²) in [7, 11) is 0. The van der Waals surface area contributed by atoms with Gasteiger partial charge in [0.15, 0.2) is 0 Å². The Kier molecular flexibility index (Phi) is 4.52. The molecule has 1 aromatic heterocycles. The third-order valence-electron chi connectivity index (χ3n) is 3.19. The minimum atomic E-state index is -4.35. The lowest BCUT2D eigenvalue weighted by Gasteiger charge is -2.07. The van der Waals surface area contributed by atoms with Crippen LogP contribution in [0.5, 0.6) is 0 Å². The summed E-state index contributed by atoms with van der Waals surface area (Å²) in [6.45, 7) is 0.711. The van der Waals surface area contributed by atoms with Crippen molar-refractivity contribution in [2.24, 2.45) is 5.73 Å². The van der Waals surface area contributed by atoms with Crippen molar-refractivity contribution in [2.75, 3.05) is 6.54 Å². The van der Waals surface area contributed by atoms with E-state index in [1.807, 2.05) is 0 Å². The van der Waals surface area contributed by atoms with Gasteiger partial charge in [-0.3, -0.25) is 4.79 Å². The Labute approximate surface area is 119 Å². The molecular formula is C14H16F3N3O. The molecule has 0 aliphatic heterocycles. The summed E-state index contributed by atoms with van der Waals surface area (Å²) >= 11 is 0. The summed E-state index contributed by atoms with van der Waals surface area (Å²) in [5.41, 5.74) is 5.79. The van der Waals surface area contributed by atoms with E-state index in [0.29, 0.717) is 30.5 Å². The van der Waals surface area contributed by atoms with Crippen LogP contribution >= 0.6 is 0 Å². The van der Waals surface area contributed by atoms with E-state index >= 15 is 0 Å². The number of aromatic amines is 1. The van der Waals surface area contributed by atoms with Crippen molar-refractivity contribution < 1.29 is 13.2 Å². The Morgan fingerprint density at radius 3 is 2.43 bits per heavy atom. The third kappa shape index (κ3) is 3.75. The van der Waals surface area contributed by atoms with Crippen LogP contribution in [0.15, 0.2) is 35.3 Å². The number of nitrogens with zero attached hydrogens (tertiary/aromatic N) is 1. The first-order valence-corrected chi connectivity index (χ1v) is 6.55. The number of benzene rings is 1. The molecular weight excluding hydrogens is 283 g/mol. The van der Waals surface area contributed by atoms with Gasteiger partial charge in [0.25, 0.3) is 5.56 Å². The number of aryl methyl sites for hydroxylation is 1. The molecule has 0 amide bonds. The van der Waals surface area contributed by atoms with Gasteiger partial charge in [-0.2, -0.15) is 13.2 Å². The van der Waals surface area contributed by atoms with E-state index in [1.54, 1.807) is 6.20 Å². The molecule has 114 valence electrons. The fourth-order valence-electron chi connectivity index (χ4n) is 2.02. The fourth-order valence-corrected chi connectivity index (χ4v) is 2.02. The van der Waals surface area contributed by atoms with Gasteiger partial charge < -0.3 is 10.8 Å². The van der Waals surface area contributed by atoms with E-state index in [0.717, 1.165) is 12.1 Å². The zero-order chi connectivity index (χ0) is 15.5. The molecule has 3 N–H and O–H groups in total. The van der Waals surface area contributed by atoms with Crippen LogP contribution in [0.4, 0.5) is 13.2 Å². The van der Waals surface area contributed by atoms with Crippen molar-refractivity contribution in [1.82, 2.24) is 9.78 Å². The van der Waals surface area contributed by atoms with Crippen molar-refractivity contribution in [2.45, 2.75) is 25.6 Å². The van der Waals surface area contributed by atoms with Gasteiger partial charge in [0, 0.05) is 11.8 Å². The zero-order valence-electron chi connectivity index (χ0n) is 11.3. The molecule has 0 bridgehead atoms. The average molecular weight is 299 g/mol. The highest BCUT2D eigenvalue weighted by molar-refractivity contribution is 5.24. The number of rotatable bonds is 5. The van der Waals surface area contributed by atoms with E-state index in [4.69, 9.17) is 5.73 Å². The van der Waals surface area contributed by atoms with Crippen molar-refractivity contribution >= 4 is 0 Å². The summed E-state index contributed by atoms with van der Waals surface area (Å²) in [5.74, 6) is 0. The summed E-state index contributed by atoms with van der Waals surface area (Å²) in [4.78, 5) is 12.0. The Hall–Kier alpha value is -2.02. The fraction of sp³-hybridized carbons (Fsp3) is 0.357. The molecule has 2 rings (SSSR count). The predicted molar refractivity (Wildman–Crippen MR) is 73.0 cm³/mol. The summed E-state index contributed by atoms with van der Waals surface area (Å²) in [6, 6.07) is 4.77. The monoisotopic (exact) mass is 299 g/mol. The second-order valence-electron chi connectivity index (χ2n) is 4.78. The van der Waals surface area contributed by atoms with Gasteiger partial charge in [-0.05, 0) is 37.1 Å². The Morgan fingerprint density at radius 2 is 1.86 bits per heavy atom. The van der Waals surface area contributed by atoms with Crippen LogP contribution in [-0.4, -0.2) is 16.3 Å². The molecule has 0 aliphatic carbocycles. The summed E-state index contributed by atoms with van der Waals surface area (Å²) in [6.07, 6.45) is -1.43. The highest BCUT2D eigenvalue weighted by Gasteiger charge is 2.29. The van der Waals surface area contributed by atoms with Crippen molar-refractivity contribution in [3.05, 3.63) is 57.5 Å². The van der Waals surface area contributed by atoms with Crippen LogP contribution in [0.2, 0.25) is 0 Å². The normalized spacial score (nSPS) is 11.8. The van der Waals surface area contributed by atoms with Gasteiger partial charge in [-0.1, -0.05) is 12.1 Å². The highest BCUT2D eigenvalue weighted by atomic mass is 19.4. The van der Waals surface area contributed by atoms with Gasteiger partial charge >= 0.3 is 6.18 Å². The second kappa shape index (κ2) is 6.17. The number of hydrogen-bond acceptors (Lipinski definition) is 2. The van der Waals surface area contributed by atoms with Crippen LogP contribution in [-0.2, 0) is 19.1 Å². The molecule has 2 aromatic rings. The first-order valence-electron chi connectivity index (χ1n) is 6.55. The molecule has 0 aliphatic rings. The number of alkyl halides is 3. The Morgan fingerprint density at radius 1 is 1.19 bits per heavy atom. The molecule has 0 fully saturated rings.